The van der Waals surface area contributed by atoms with Crippen LogP contribution in [0, 0.1) is 0 Å². The lowest BCUT2D eigenvalue weighted by atomic mass is 9.49. The van der Waals surface area contributed by atoms with Crippen LogP contribution in [0.25, 0.3) is 44.5 Å². The van der Waals surface area contributed by atoms with Crippen LogP contribution in [-0.4, -0.2) is 25.0 Å². The van der Waals surface area contributed by atoms with E-state index in [1.165, 1.54) is 44.5 Å². The van der Waals surface area contributed by atoms with Gasteiger partial charge >= 0.3 is 0 Å². The Balaban J connectivity index is 1.69. The van der Waals surface area contributed by atoms with Crippen molar-refractivity contribution in [3.63, 3.8) is 0 Å². The number of benzene rings is 4. The smallest absolute Gasteiger partial charge is 0.0504 e. The second-order valence-corrected chi connectivity index (χ2v) is 9.90. The van der Waals surface area contributed by atoms with Crippen LogP contribution in [0.4, 0.5) is 0 Å². The molecule has 2 spiro atoms. The first-order valence-electron chi connectivity index (χ1n) is 11.0. The van der Waals surface area contributed by atoms with Gasteiger partial charge in [-0.15, -0.1) is 0 Å². The number of fused-ring (bicyclic) bond motifs is 4. The van der Waals surface area contributed by atoms with Crippen LogP contribution in [0.5, 0.6) is 0 Å². The zero-order valence-corrected chi connectivity index (χ0v) is 16.8. The van der Waals surface area contributed by atoms with E-state index in [1.807, 2.05) is 0 Å². The highest BCUT2D eigenvalue weighted by Gasteiger charge is 2.71. The largest absolute Gasteiger partial charge is 0.304 e. The minimum absolute atomic E-state index is 0.0301. The number of likely N-dealkylation sites (N-methyl/N-ethyl adjacent to an activating group) is 1. The van der Waals surface area contributed by atoms with E-state index in [4.69, 9.17) is 0 Å². The Labute approximate surface area is 175 Å². The summed E-state index contributed by atoms with van der Waals surface area (Å²) in [4.78, 5) is 2.61. The minimum Gasteiger partial charge on any atom is -0.304 e. The first-order chi connectivity index (χ1) is 14.8. The Morgan fingerprint density at radius 2 is 0.700 bits per heavy atom. The summed E-state index contributed by atoms with van der Waals surface area (Å²) in [6.07, 6.45) is 0. The highest BCUT2D eigenvalue weighted by Crippen LogP contribution is 2.76. The molecule has 140 valence electrons. The second kappa shape index (κ2) is 4.17. The quantitative estimate of drug-likeness (QED) is 0.326. The van der Waals surface area contributed by atoms with E-state index in [1.54, 1.807) is 22.3 Å². The summed E-state index contributed by atoms with van der Waals surface area (Å²) in [5, 5.41) is 0. The van der Waals surface area contributed by atoms with Crippen molar-refractivity contribution in [3.8, 4) is 44.5 Å². The van der Waals surface area contributed by atoms with Gasteiger partial charge in [0.25, 0.3) is 0 Å². The van der Waals surface area contributed by atoms with E-state index in [0.29, 0.717) is 0 Å². The molecule has 0 saturated carbocycles. The normalized spacial score (nSPS) is 26.7. The van der Waals surface area contributed by atoms with Gasteiger partial charge in [-0.3, -0.25) is 0 Å². The summed E-state index contributed by atoms with van der Waals surface area (Å²) in [6, 6.07) is 28.2. The number of nitrogens with zero attached hydrogens (tertiary/aromatic N) is 1. The fourth-order valence-electron chi connectivity index (χ4n) is 8.40. The minimum atomic E-state index is 0.0301. The molecule has 1 fully saturated rings. The fraction of sp³-hybridized carbons (Fsp3) is 0.172. The lowest BCUT2D eigenvalue weighted by Crippen LogP contribution is -2.52. The van der Waals surface area contributed by atoms with Gasteiger partial charge in [0.05, 0.1) is 10.8 Å². The van der Waals surface area contributed by atoms with Crippen molar-refractivity contribution < 1.29 is 0 Å². The van der Waals surface area contributed by atoms with Crippen molar-refractivity contribution in [3.05, 3.63) is 95.1 Å². The van der Waals surface area contributed by atoms with E-state index in [-0.39, 0.29) is 10.8 Å². The van der Waals surface area contributed by atoms with Crippen LogP contribution in [0.1, 0.15) is 22.3 Å². The molecular formula is C29H19N. The highest BCUT2D eigenvalue weighted by atomic mass is 15.2. The molecule has 1 nitrogen and oxygen atoms in total. The first kappa shape index (κ1) is 14.8. The van der Waals surface area contributed by atoms with Crippen molar-refractivity contribution in [1.29, 1.82) is 0 Å². The molecule has 1 heteroatoms. The van der Waals surface area contributed by atoms with Crippen molar-refractivity contribution in [1.82, 2.24) is 4.90 Å². The third kappa shape index (κ3) is 1.13. The average Bonchev–Trinajstić information content (AvgIpc) is 3.37. The lowest BCUT2D eigenvalue weighted by Gasteiger charge is -2.51. The van der Waals surface area contributed by atoms with E-state index in [2.05, 4.69) is 84.7 Å². The highest BCUT2D eigenvalue weighted by molar-refractivity contribution is 6.06. The summed E-state index contributed by atoms with van der Waals surface area (Å²) in [7, 11) is 2.33. The zero-order chi connectivity index (χ0) is 19.4. The molecule has 4 aromatic carbocycles. The Hall–Kier alpha value is -3.16. The van der Waals surface area contributed by atoms with Gasteiger partial charge in [-0.2, -0.15) is 0 Å². The van der Waals surface area contributed by atoms with Gasteiger partial charge in [-0.25, -0.2) is 0 Å². The number of hydrogen-bond acceptors (Lipinski definition) is 1. The predicted molar refractivity (Wildman–Crippen MR) is 121 cm³/mol. The molecule has 1 saturated heterocycles. The molecule has 0 unspecified atom stereocenters. The van der Waals surface area contributed by atoms with Crippen molar-refractivity contribution >= 4 is 0 Å². The first-order valence-corrected chi connectivity index (χ1v) is 11.0. The number of likely N-dealkylation sites (tertiary alicyclic amines) is 1. The third-order valence-corrected chi connectivity index (χ3v) is 8.87. The Kier molecular flexibility index (Phi) is 2.05. The Morgan fingerprint density at radius 3 is 0.933 bits per heavy atom. The molecule has 4 aliphatic carbocycles. The van der Waals surface area contributed by atoms with Crippen LogP contribution >= 0.6 is 0 Å². The molecule has 0 N–H and O–H groups in total. The van der Waals surface area contributed by atoms with Gasteiger partial charge < -0.3 is 4.90 Å². The molecule has 9 rings (SSSR count). The Bertz CT molecular complexity index is 1300. The maximum absolute atomic E-state index is 2.61. The maximum Gasteiger partial charge on any atom is 0.0504 e. The van der Waals surface area contributed by atoms with Gasteiger partial charge in [0.15, 0.2) is 0 Å². The predicted octanol–water partition coefficient (Wildman–Crippen LogP) is 5.83. The van der Waals surface area contributed by atoms with Gasteiger partial charge in [0.1, 0.15) is 0 Å². The summed E-state index contributed by atoms with van der Waals surface area (Å²) in [5.41, 5.74) is 18.2. The van der Waals surface area contributed by atoms with Gasteiger partial charge in [-0.05, 0) is 73.8 Å². The van der Waals surface area contributed by atoms with Crippen LogP contribution in [0.15, 0.2) is 72.8 Å². The van der Waals surface area contributed by atoms with E-state index in [0.717, 1.165) is 13.1 Å². The van der Waals surface area contributed by atoms with Crippen LogP contribution < -0.4 is 0 Å². The fourth-order valence-corrected chi connectivity index (χ4v) is 8.40. The van der Waals surface area contributed by atoms with Gasteiger partial charge in [0.2, 0.25) is 0 Å². The van der Waals surface area contributed by atoms with Gasteiger partial charge in [0, 0.05) is 13.1 Å². The molecule has 0 radical (unpaired) electrons. The molecule has 30 heavy (non-hydrogen) atoms. The monoisotopic (exact) mass is 381 g/mol. The molecule has 0 bridgehead atoms. The van der Waals surface area contributed by atoms with E-state index in [9.17, 15) is 0 Å². The number of rotatable bonds is 0. The zero-order valence-electron chi connectivity index (χ0n) is 16.8. The SMILES string of the molecule is CN1CC23c4c5cccc4-c4cccc6c4C2(C1)c1c-6cccc1-c1cccc-5c13. The van der Waals surface area contributed by atoms with Gasteiger partial charge in [-0.1, -0.05) is 72.8 Å². The second-order valence-electron chi connectivity index (χ2n) is 9.90. The van der Waals surface area contributed by atoms with Crippen LogP contribution in [0.3, 0.4) is 0 Å². The standard InChI is InChI=1S/C29H19N/c1-30-14-28-24-16-6-2-10-20(24)21-11-4-8-18-19-9-5-13-23(22-12-3-7-17(16)25(22)28)27(19)29(28,15-30)26(18)21/h2-13H,14-15H2,1H3. The summed E-state index contributed by atoms with van der Waals surface area (Å²) in [5.74, 6) is 0. The molecule has 0 amide bonds. The van der Waals surface area contributed by atoms with Crippen molar-refractivity contribution in [2.75, 3.05) is 20.1 Å². The lowest BCUT2D eigenvalue weighted by molar-refractivity contribution is 0.393. The molecule has 5 aliphatic rings. The Morgan fingerprint density at radius 1 is 0.467 bits per heavy atom. The molecule has 0 aromatic heterocycles. The van der Waals surface area contributed by atoms with Crippen LogP contribution in [0.2, 0.25) is 0 Å². The summed E-state index contributed by atoms with van der Waals surface area (Å²) >= 11 is 0. The van der Waals surface area contributed by atoms with Crippen molar-refractivity contribution in [2.24, 2.45) is 0 Å². The van der Waals surface area contributed by atoms with Crippen LogP contribution in [-0.2, 0) is 10.8 Å². The third-order valence-electron chi connectivity index (χ3n) is 8.87. The van der Waals surface area contributed by atoms with Crippen molar-refractivity contribution in [2.45, 2.75) is 10.8 Å². The number of hydrogen-bond donors (Lipinski definition) is 0. The molecular weight excluding hydrogens is 362 g/mol. The molecule has 4 aromatic rings. The molecule has 1 heterocycles. The summed E-state index contributed by atoms with van der Waals surface area (Å²) in [6.45, 7) is 2.20. The topological polar surface area (TPSA) is 3.24 Å². The summed E-state index contributed by atoms with van der Waals surface area (Å²) < 4.78 is 0. The molecule has 0 atom stereocenters. The molecule has 1 aliphatic heterocycles. The van der Waals surface area contributed by atoms with E-state index >= 15 is 0 Å². The average molecular weight is 381 g/mol. The van der Waals surface area contributed by atoms with E-state index < -0.39 is 0 Å². The maximum atomic E-state index is 2.61.